The van der Waals surface area contributed by atoms with Gasteiger partial charge in [-0.3, -0.25) is 0 Å². The minimum Gasteiger partial charge on any atom is -0.456 e. The van der Waals surface area contributed by atoms with E-state index in [1.807, 2.05) is 60.7 Å². The van der Waals surface area contributed by atoms with Crippen molar-refractivity contribution in [2.45, 2.75) is 38.2 Å². The highest BCUT2D eigenvalue weighted by Crippen LogP contribution is 2.57. The lowest BCUT2D eigenvalue weighted by Crippen LogP contribution is -2.32. The number of para-hydroxylation sites is 2. The first-order valence-corrected chi connectivity index (χ1v) is 11.2. The zero-order chi connectivity index (χ0) is 21.4. The summed E-state index contributed by atoms with van der Waals surface area (Å²) in [5, 5.41) is 3.99. The molecule has 5 heteroatoms. The number of hydrogen-bond acceptors (Lipinski definition) is 4. The third-order valence-corrected chi connectivity index (χ3v) is 6.25. The Morgan fingerprint density at radius 3 is 2.26 bits per heavy atom. The maximum absolute atomic E-state index is 13.3. The molecule has 0 saturated carbocycles. The molecule has 2 aliphatic heterocycles. The first kappa shape index (κ1) is 20.0. The molecule has 1 N–H and O–H groups in total. The second kappa shape index (κ2) is 7.93. The lowest BCUT2D eigenvalue weighted by atomic mass is 9.77. The molecule has 0 amide bonds. The number of unbranched alkanes of at least 4 members (excludes halogenated alkanes) is 3. The fourth-order valence-corrected chi connectivity index (χ4v) is 4.84. The number of nitrogens with one attached hydrogen (secondary N) is 1. The van der Waals surface area contributed by atoms with Gasteiger partial charge in [-0.05, 0) is 30.7 Å². The third kappa shape index (κ3) is 3.17. The molecule has 0 unspecified atom stereocenters. The van der Waals surface area contributed by atoms with Crippen LogP contribution in [0.2, 0.25) is 5.02 Å². The smallest absolute Gasteiger partial charge is 0.342 e. The number of esters is 1. The highest BCUT2D eigenvalue weighted by Gasteiger charge is 2.54. The topological polar surface area (TPSA) is 47.6 Å². The lowest BCUT2D eigenvalue weighted by Gasteiger charge is -2.36. The number of halogens is 1. The van der Waals surface area contributed by atoms with Gasteiger partial charge in [0.2, 0.25) is 0 Å². The van der Waals surface area contributed by atoms with Crippen LogP contribution in [0.3, 0.4) is 0 Å². The van der Waals surface area contributed by atoms with Crippen LogP contribution in [0.25, 0.3) is 0 Å². The van der Waals surface area contributed by atoms with Gasteiger partial charge in [0.1, 0.15) is 11.5 Å². The Morgan fingerprint density at radius 1 is 0.903 bits per heavy atom. The summed E-state index contributed by atoms with van der Waals surface area (Å²) < 4.78 is 12.4. The standard InChI is InChI=1S/C26H24ClNO3/c1-2-3-4-9-14-28-21-16-17(27)15-20-24(21)25(29)31-26(20)18-10-5-7-12-22(18)30-23-13-8-6-11-19(23)26/h5-8,10-13,15-16,28H,2-4,9,14H2,1H3. The number of rotatable bonds is 6. The van der Waals surface area contributed by atoms with Crippen molar-refractivity contribution in [2.24, 2.45) is 0 Å². The van der Waals surface area contributed by atoms with Crippen molar-refractivity contribution in [3.63, 3.8) is 0 Å². The van der Waals surface area contributed by atoms with Gasteiger partial charge >= 0.3 is 5.97 Å². The molecule has 31 heavy (non-hydrogen) atoms. The number of ether oxygens (including phenoxy) is 2. The molecule has 0 atom stereocenters. The van der Waals surface area contributed by atoms with Gasteiger partial charge in [0, 0.05) is 28.3 Å². The molecule has 0 bridgehead atoms. The van der Waals surface area contributed by atoms with Gasteiger partial charge in [0.25, 0.3) is 0 Å². The summed E-state index contributed by atoms with van der Waals surface area (Å²) in [6.45, 7) is 2.97. The van der Waals surface area contributed by atoms with Crippen LogP contribution >= 0.6 is 11.6 Å². The maximum Gasteiger partial charge on any atom is 0.342 e. The molecule has 2 aliphatic rings. The Hall–Kier alpha value is -2.98. The van der Waals surface area contributed by atoms with Crippen molar-refractivity contribution in [1.29, 1.82) is 0 Å². The zero-order valence-electron chi connectivity index (χ0n) is 17.4. The molecule has 2 heterocycles. The summed E-state index contributed by atoms with van der Waals surface area (Å²) in [6, 6.07) is 19.1. The van der Waals surface area contributed by atoms with Crippen molar-refractivity contribution in [2.75, 3.05) is 11.9 Å². The summed E-state index contributed by atoms with van der Waals surface area (Å²) in [6.07, 6.45) is 4.57. The number of carbonyl (C=O) groups is 1. The molecule has 0 aromatic heterocycles. The molecule has 158 valence electrons. The second-order valence-corrected chi connectivity index (χ2v) is 8.46. The van der Waals surface area contributed by atoms with Crippen molar-refractivity contribution in [3.05, 3.63) is 87.9 Å². The highest BCUT2D eigenvalue weighted by atomic mass is 35.5. The first-order chi connectivity index (χ1) is 15.1. The Kier molecular flexibility index (Phi) is 5.11. The molecule has 4 nitrogen and oxygen atoms in total. The molecular formula is C26H24ClNO3. The van der Waals surface area contributed by atoms with E-state index in [4.69, 9.17) is 21.1 Å². The number of hydrogen-bond donors (Lipinski definition) is 1. The average Bonchev–Trinajstić information content (AvgIpc) is 3.06. The maximum atomic E-state index is 13.3. The fourth-order valence-electron chi connectivity index (χ4n) is 4.62. The third-order valence-electron chi connectivity index (χ3n) is 6.03. The van der Waals surface area contributed by atoms with E-state index in [2.05, 4.69) is 12.2 Å². The van der Waals surface area contributed by atoms with E-state index < -0.39 is 5.60 Å². The minimum absolute atomic E-state index is 0.353. The van der Waals surface area contributed by atoms with Crippen LogP contribution in [-0.4, -0.2) is 12.5 Å². The molecule has 5 rings (SSSR count). The Morgan fingerprint density at radius 2 is 1.58 bits per heavy atom. The Bertz CT molecular complexity index is 1110. The van der Waals surface area contributed by atoms with Crippen LogP contribution in [0.4, 0.5) is 5.69 Å². The Balaban J connectivity index is 1.66. The zero-order valence-corrected chi connectivity index (χ0v) is 18.2. The molecular weight excluding hydrogens is 410 g/mol. The quantitative estimate of drug-likeness (QED) is 0.339. The van der Waals surface area contributed by atoms with Gasteiger partial charge in [0.15, 0.2) is 5.60 Å². The number of fused-ring (bicyclic) bond motifs is 6. The number of anilines is 1. The van der Waals surface area contributed by atoms with Crippen molar-refractivity contribution < 1.29 is 14.3 Å². The minimum atomic E-state index is -1.08. The van der Waals surface area contributed by atoms with E-state index in [9.17, 15) is 4.79 Å². The normalized spacial score (nSPS) is 15.0. The van der Waals surface area contributed by atoms with E-state index in [1.165, 1.54) is 12.8 Å². The molecule has 0 fully saturated rings. The lowest BCUT2D eigenvalue weighted by molar-refractivity contribution is 0.0225. The van der Waals surface area contributed by atoms with Gasteiger partial charge < -0.3 is 14.8 Å². The predicted octanol–water partition coefficient (Wildman–Crippen LogP) is 6.90. The van der Waals surface area contributed by atoms with E-state index >= 15 is 0 Å². The van der Waals surface area contributed by atoms with Gasteiger partial charge in [-0.2, -0.15) is 0 Å². The number of benzene rings is 3. The van der Waals surface area contributed by atoms with Gasteiger partial charge in [-0.25, -0.2) is 4.79 Å². The molecule has 3 aromatic carbocycles. The predicted molar refractivity (Wildman–Crippen MR) is 122 cm³/mol. The van der Waals surface area contributed by atoms with Crippen molar-refractivity contribution in [3.8, 4) is 11.5 Å². The molecule has 0 aliphatic carbocycles. The summed E-state index contributed by atoms with van der Waals surface area (Å²) >= 11 is 6.56. The van der Waals surface area contributed by atoms with Crippen LogP contribution < -0.4 is 10.1 Å². The monoisotopic (exact) mass is 433 g/mol. The molecule has 0 radical (unpaired) electrons. The SMILES string of the molecule is CCCCCCNc1cc(Cl)cc2c1C(=O)OC21c2ccccc2Oc2ccccc21. The summed E-state index contributed by atoms with van der Waals surface area (Å²) in [4.78, 5) is 13.3. The largest absolute Gasteiger partial charge is 0.456 e. The van der Waals surface area contributed by atoms with Gasteiger partial charge in [-0.1, -0.05) is 74.2 Å². The van der Waals surface area contributed by atoms with Gasteiger partial charge in [-0.15, -0.1) is 0 Å². The van der Waals surface area contributed by atoms with Crippen LogP contribution in [0.5, 0.6) is 11.5 Å². The summed E-state index contributed by atoms with van der Waals surface area (Å²) in [7, 11) is 0. The summed E-state index contributed by atoms with van der Waals surface area (Å²) in [5.41, 5.74) is 2.55. The van der Waals surface area contributed by atoms with Crippen molar-refractivity contribution in [1.82, 2.24) is 0 Å². The van der Waals surface area contributed by atoms with Crippen LogP contribution in [0, 0.1) is 0 Å². The van der Waals surface area contributed by atoms with Crippen molar-refractivity contribution >= 4 is 23.3 Å². The molecule has 0 saturated heterocycles. The van der Waals surface area contributed by atoms with Crippen LogP contribution in [0.15, 0.2) is 60.7 Å². The first-order valence-electron chi connectivity index (χ1n) is 10.8. The second-order valence-electron chi connectivity index (χ2n) is 8.03. The Labute approximate surface area is 187 Å². The van der Waals surface area contributed by atoms with E-state index in [-0.39, 0.29) is 5.97 Å². The molecule has 1 spiro atoms. The summed E-state index contributed by atoms with van der Waals surface area (Å²) in [5.74, 6) is 1.00. The van der Waals surface area contributed by atoms with E-state index in [0.29, 0.717) is 22.1 Å². The number of carbonyl (C=O) groups excluding carboxylic acids is 1. The fraction of sp³-hybridized carbons (Fsp3) is 0.269. The van der Waals surface area contributed by atoms with Crippen LogP contribution in [0.1, 0.15) is 59.7 Å². The molecule has 3 aromatic rings. The van der Waals surface area contributed by atoms with Crippen LogP contribution in [-0.2, 0) is 10.3 Å². The van der Waals surface area contributed by atoms with E-state index in [0.717, 1.165) is 41.8 Å². The highest BCUT2D eigenvalue weighted by molar-refractivity contribution is 6.31. The van der Waals surface area contributed by atoms with Gasteiger partial charge in [0.05, 0.1) is 11.3 Å². The van der Waals surface area contributed by atoms with E-state index in [1.54, 1.807) is 0 Å². The average molecular weight is 434 g/mol.